The van der Waals surface area contributed by atoms with Crippen LogP contribution in [0.1, 0.15) is 27.6 Å². The number of benzene rings is 1. The van der Waals surface area contributed by atoms with E-state index in [1.165, 1.54) is 0 Å². The molecule has 0 saturated carbocycles. The Kier molecular flexibility index (Phi) is 5.61. The molecule has 3 rings (SSSR count). The lowest BCUT2D eigenvalue weighted by atomic mass is 10.0. The topological polar surface area (TPSA) is 71.2 Å². The molecule has 0 saturated heterocycles. The normalized spacial score (nSPS) is 11.1. The van der Waals surface area contributed by atoms with Crippen LogP contribution in [0.2, 0.25) is 0 Å². The lowest BCUT2D eigenvalue weighted by molar-refractivity contribution is 0.103. The summed E-state index contributed by atoms with van der Waals surface area (Å²) >= 11 is 3.50. The van der Waals surface area contributed by atoms with Crippen molar-refractivity contribution in [2.45, 2.75) is 13.2 Å². The van der Waals surface area contributed by atoms with Crippen LogP contribution in [-0.2, 0) is 13.2 Å². The van der Waals surface area contributed by atoms with Gasteiger partial charge in [0.15, 0.2) is 0 Å². The summed E-state index contributed by atoms with van der Waals surface area (Å²) in [6.45, 7) is 0.397. The number of ketones is 1. The average Bonchev–Trinajstić information content (AvgIpc) is 3.03. The number of aliphatic hydroxyl groups excluding tert-OH is 1. The lowest BCUT2D eigenvalue weighted by Crippen LogP contribution is -2.18. The van der Waals surface area contributed by atoms with E-state index < -0.39 is 0 Å². The van der Waals surface area contributed by atoms with E-state index in [0.717, 1.165) is 5.82 Å². The standard InChI is InChI=1S/C19H19BrN4O2/c1-23(2)11-17-22-10-13(12-25)24(17)16-8-5-6-14(20)18(16)19(26)15-7-3-4-9-21-15/h3-10,25H,11-12H2,1-2H3. The molecule has 0 bridgehead atoms. The van der Waals surface area contributed by atoms with Crippen LogP contribution in [0.25, 0.3) is 5.69 Å². The molecule has 2 heterocycles. The van der Waals surface area contributed by atoms with Gasteiger partial charge in [-0.3, -0.25) is 14.3 Å². The van der Waals surface area contributed by atoms with E-state index in [-0.39, 0.29) is 12.4 Å². The number of aromatic nitrogens is 3. The highest BCUT2D eigenvalue weighted by atomic mass is 79.9. The molecule has 0 unspecified atom stereocenters. The summed E-state index contributed by atoms with van der Waals surface area (Å²) in [6.07, 6.45) is 3.23. The van der Waals surface area contributed by atoms with Gasteiger partial charge in [-0.25, -0.2) is 4.98 Å². The third-order valence-corrected chi connectivity index (χ3v) is 4.55. The predicted octanol–water partition coefficient (Wildman–Crippen LogP) is 2.81. The van der Waals surface area contributed by atoms with Crippen LogP contribution >= 0.6 is 15.9 Å². The summed E-state index contributed by atoms with van der Waals surface area (Å²) in [7, 11) is 3.89. The molecule has 134 valence electrons. The highest BCUT2D eigenvalue weighted by Gasteiger charge is 2.22. The third-order valence-electron chi connectivity index (χ3n) is 3.88. The van der Waals surface area contributed by atoms with Gasteiger partial charge < -0.3 is 10.0 Å². The van der Waals surface area contributed by atoms with Gasteiger partial charge in [0.05, 0.1) is 36.3 Å². The number of hydrogen-bond donors (Lipinski definition) is 1. The van der Waals surface area contributed by atoms with Gasteiger partial charge in [-0.15, -0.1) is 0 Å². The maximum atomic E-state index is 13.1. The van der Waals surface area contributed by atoms with Crippen molar-refractivity contribution in [3.05, 3.63) is 76.0 Å². The molecule has 1 aromatic carbocycles. The SMILES string of the molecule is CN(C)Cc1ncc(CO)n1-c1cccc(Br)c1C(=O)c1ccccn1. The highest BCUT2D eigenvalue weighted by Crippen LogP contribution is 2.28. The molecule has 0 aliphatic carbocycles. The highest BCUT2D eigenvalue weighted by molar-refractivity contribution is 9.10. The van der Waals surface area contributed by atoms with Crippen LogP contribution in [-0.4, -0.2) is 44.4 Å². The molecule has 7 heteroatoms. The van der Waals surface area contributed by atoms with Crippen LogP contribution in [0.4, 0.5) is 0 Å². The average molecular weight is 415 g/mol. The fourth-order valence-corrected chi connectivity index (χ4v) is 3.31. The van der Waals surface area contributed by atoms with Crippen molar-refractivity contribution in [1.82, 2.24) is 19.4 Å². The molecular formula is C19H19BrN4O2. The molecule has 26 heavy (non-hydrogen) atoms. The quantitative estimate of drug-likeness (QED) is 0.627. The Labute approximate surface area is 160 Å². The van der Waals surface area contributed by atoms with Crippen LogP contribution in [0.15, 0.2) is 53.3 Å². The summed E-state index contributed by atoms with van der Waals surface area (Å²) in [5.74, 6) is 0.550. The van der Waals surface area contributed by atoms with Crippen molar-refractivity contribution in [2.75, 3.05) is 14.1 Å². The van der Waals surface area contributed by atoms with Gasteiger partial charge in [-0.2, -0.15) is 0 Å². The number of carbonyl (C=O) groups excluding carboxylic acids is 1. The zero-order chi connectivity index (χ0) is 18.7. The van der Waals surface area contributed by atoms with Gasteiger partial charge in [-0.05, 0) is 54.3 Å². The number of pyridine rings is 1. The fraction of sp³-hybridized carbons (Fsp3) is 0.211. The van der Waals surface area contributed by atoms with E-state index in [1.54, 1.807) is 30.6 Å². The van der Waals surface area contributed by atoms with Crippen LogP contribution < -0.4 is 0 Å². The van der Waals surface area contributed by atoms with Gasteiger partial charge in [-0.1, -0.05) is 12.1 Å². The predicted molar refractivity (Wildman–Crippen MR) is 102 cm³/mol. The number of hydrogen-bond acceptors (Lipinski definition) is 5. The minimum absolute atomic E-state index is 0.176. The molecule has 0 aliphatic heterocycles. The molecule has 0 fully saturated rings. The van der Waals surface area contributed by atoms with Crippen molar-refractivity contribution in [3.63, 3.8) is 0 Å². The Morgan fingerprint density at radius 3 is 2.65 bits per heavy atom. The van der Waals surface area contributed by atoms with Crippen LogP contribution in [0, 0.1) is 0 Å². The summed E-state index contributed by atoms with van der Waals surface area (Å²) < 4.78 is 2.50. The first-order valence-corrected chi connectivity index (χ1v) is 8.88. The van der Waals surface area contributed by atoms with Gasteiger partial charge in [0.1, 0.15) is 11.5 Å². The summed E-state index contributed by atoms with van der Waals surface area (Å²) in [4.78, 5) is 23.7. The number of nitrogens with zero attached hydrogens (tertiary/aromatic N) is 4. The number of carbonyl (C=O) groups is 1. The molecule has 3 aromatic rings. The monoisotopic (exact) mass is 414 g/mol. The minimum Gasteiger partial charge on any atom is -0.390 e. The number of halogens is 1. The summed E-state index contributed by atoms with van der Waals surface area (Å²) in [6, 6.07) is 10.8. The van der Waals surface area contributed by atoms with E-state index in [2.05, 4.69) is 25.9 Å². The van der Waals surface area contributed by atoms with Crippen LogP contribution in [0.5, 0.6) is 0 Å². The first-order valence-electron chi connectivity index (χ1n) is 8.08. The van der Waals surface area contributed by atoms with E-state index in [1.807, 2.05) is 41.8 Å². The van der Waals surface area contributed by atoms with Crippen LogP contribution in [0.3, 0.4) is 0 Å². The fourth-order valence-electron chi connectivity index (χ4n) is 2.78. The zero-order valence-corrected chi connectivity index (χ0v) is 16.1. The summed E-state index contributed by atoms with van der Waals surface area (Å²) in [5, 5.41) is 9.76. The first-order chi connectivity index (χ1) is 12.5. The van der Waals surface area contributed by atoms with E-state index in [0.29, 0.717) is 33.7 Å². The Balaban J connectivity index is 2.20. The van der Waals surface area contributed by atoms with Gasteiger partial charge >= 0.3 is 0 Å². The second kappa shape index (κ2) is 7.90. The van der Waals surface area contributed by atoms with Crippen molar-refractivity contribution in [1.29, 1.82) is 0 Å². The molecule has 0 spiro atoms. The third kappa shape index (κ3) is 3.60. The molecule has 1 N–H and O–H groups in total. The van der Waals surface area contributed by atoms with Crippen molar-refractivity contribution >= 4 is 21.7 Å². The lowest BCUT2D eigenvalue weighted by Gasteiger charge is -2.18. The van der Waals surface area contributed by atoms with Crippen molar-refractivity contribution in [3.8, 4) is 5.69 Å². The molecule has 0 amide bonds. The van der Waals surface area contributed by atoms with E-state index in [4.69, 9.17) is 0 Å². The number of imidazole rings is 1. The van der Waals surface area contributed by atoms with Gasteiger partial charge in [0, 0.05) is 10.7 Å². The Hall–Kier alpha value is -2.35. The van der Waals surface area contributed by atoms with E-state index >= 15 is 0 Å². The van der Waals surface area contributed by atoms with Crippen molar-refractivity contribution < 1.29 is 9.90 Å². The molecular weight excluding hydrogens is 396 g/mol. The van der Waals surface area contributed by atoms with Gasteiger partial charge in [0.25, 0.3) is 0 Å². The first kappa shape index (κ1) is 18.4. The smallest absolute Gasteiger partial charge is 0.214 e. The molecule has 0 atom stereocenters. The minimum atomic E-state index is -0.193. The summed E-state index contributed by atoms with van der Waals surface area (Å²) in [5.41, 5.74) is 2.13. The number of rotatable bonds is 6. The molecule has 2 aromatic heterocycles. The molecule has 0 radical (unpaired) electrons. The maximum absolute atomic E-state index is 13.1. The van der Waals surface area contributed by atoms with Gasteiger partial charge in [0.2, 0.25) is 5.78 Å². The van der Waals surface area contributed by atoms with E-state index in [9.17, 15) is 9.90 Å². The largest absolute Gasteiger partial charge is 0.390 e. The molecule has 6 nitrogen and oxygen atoms in total. The zero-order valence-electron chi connectivity index (χ0n) is 14.6. The Bertz CT molecular complexity index is 923. The Morgan fingerprint density at radius 2 is 2.00 bits per heavy atom. The van der Waals surface area contributed by atoms with Crippen molar-refractivity contribution in [2.24, 2.45) is 0 Å². The number of aliphatic hydroxyl groups is 1. The molecule has 0 aliphatic rings. The maximum Gasteiger partial charge on any atom is 0.214 e. The second-order valence-electron chi connectivity index (χ2n) is 6.08. The second-order valence-corrected chi connectivity index (χ2v) is 6.93. The Morgan fingerprint density at radius 1 is 1.19 bits per heavy atom.